The predicted molar refractivity (Wildman–Crippen MR) is 53.6 cm³/mol. The number of furan rings is 1. The van der Waals surface area contributed by atoms with Crippen molar-refractivity contribution in [3.05, 3.63) is 58.8 Å². The fraction of sp³-hybridized carbons (Fsp3) is 0. The molecule has 1 heterocycles. The molecule has 0 unspecified atom stereocenters. The van der Waals surface area contributed by atoms with E-state index in [4.69, 9.17) is 16.0 Å². The minimum atomic E-state index is -0.544. The van der Waals surface area contributed by atoms with Crippen molar-refractivity contribution >= 4 is 17.4 Å². The first-order valence-corrected chi connectivity index (χ1v) is 4.59. The van der Waals surface area contributed by atoms with E-state index in [0.717, 1.165) is 12.1 Å². The topological polar surface area (TPSA) is 30.2 Å². The molecule has 2 nitrogen and oxygen atoms in total. The first-order chi connectivity index (χ1) is 7.16. The van der Waals surface area contributed by atoms with E-state index in [1.807, 2.05) is 0 Å². The number of hydrogen-bond donors (Lipinski definition) is 0. The molecule has 0 saturated carbocycles. The highest BCUT2D eigenvalue weighted by Crippen LogP contribution is 2.17. The third kappa shape index (κ3) is 2.07. The van der Waals surface area contributed by atoms with Gasteiger partial charge in [-0.05, 0) is 30.3 Å². The van der Waals surface area contributed by atoms with Crippen LogP contribution in [0.1, 0.15) is 16.1 Å². The van der Waals surface area contributed by atoms with E-state index >= 15 is 0 Å². The van der Waals surface area contributed by atoms with Crippen LogP contribution in [0.4, 0.5) is 4.39 Å². The molecule has 0 saturated heterocycles. The standard InChI is InChI=1S/C11H6ClFO2/c12-8-4-7(5-9(13)6-8)11(14)10-2-1-3-15-10/h1-6H. The molecule has 0 aliphatic rings. The van der Waals surface area contributed by atoms with Crippen LogP contribution in [0.5, 0.6) is 0 Å². The lowest BCUT2D eigenvalue weighted by Crippen LogP contribution is -2.00. The molecule has 0 spiro atoms. The quantitative estimate of drug-likeness (QED) is 0.733. The van der Waals surface area contributed by atoms with Gasteiger partial charge in [0.25, 0.3) is 0 Å². The van der Waals surface area contributed by atoms with Crippen LogP contribution in [-0.4, -0.2) is 5.78 Å². The largest absolute Gasteiger partial charge is 0.461 e. The van der Waals surface area contributed by atoms with Gasteiger partial charge in [-0.25, -0.2) is 4.39 Å². The van der Waals surface area contributed by atoms with Gasteiger partial charge in [0.15, 0.2) is 5.76 Å². The molecule has 0 bridgehead atoms. The Morgan fingerprint density at radius 3 is 2.73 bits per heavy atom. The van der Waals surface area contributed by atoms with E-state index in [2.05, 4.69) is 0 Å². The van der Waals surface area contributed by atoms with E-state index in [1.54, 1.807) is 6.07 Å². The number of rotatable bonds is 2. The number of carbonyl (C=O) groups excluding carboxylic acids is 1. The van der Waals surface area contributed by atoms with Crippen LogP contribution >= 0.6 is 11.6 Å². The summed E-state index contributed by atoms with van der Waals surface area (Å²) in [6, 6.07) is 6.77. The summed E-state index contributed by atoms with van der Waals surface area (Å²) in [5.74, 6) is -0.768. The van der Waals surface area contributed by atoms with Crippen molar-refractivity contribution in [3.63, 3.8) is 0 Å². The van der Waals surface area contributed by atoms with E-state index < -0.39 is 5.82 Å². The molecule has 76 valence electrons. The summed E-state index contributed by atoms with van der Waals surface area (Å²) in [7, 11) is 0. The molecule has 1 aromatic heterocycles. The summed E-state index contributed by atoms with van der Waals surface area (Å²) in [6.07, 6.45) is 1.38. The van der Waals surface area contributed by atoms with Gasteiger partial charge in [-0.2, -0.15) is 0 Å². The fourth-order valence-corrected chi connectivity index (χ4v) is 1.46. The lowest BCUT2D eigenvalue weighted by atomic mass is 10.1. The number of halogens is 2. The second kappa shape index (κ2) is 3.87. The lowest BCUT2D eigenvalue weighted by Gasteiger charge is -1.99. The Labute approximate surface area is 90.3 Å². The molecule has 0 atom stereocenters. The van der Waals surface area contributed by atoms with Gasteiger partial charge < -0.3 is 4.42 Å². The van der Waals surface area contributed by atoms with Crippen LogP contribution in [-0.2, 0) is 0 Å². The summed E-state index contributed by atoms with van der Waals surface area (Å²) < 4.78 is 17.9. The molecule has 0 radical (unpaired) electrons. The highest BCUT2D eigenvalue weighted by atomic mass is 35.5. The molecule has 2 rings (SSSR count). The summed E-state index contributed by atoms with van der Waals surface area (Å²) in [6.45, 7) is 0. The monoisotopic (exact) mass is 224 g/mol. The van der Waals surface area contributed by atoms with Crippen LogP contribution in [0.2, 0.25) is 5.02 Å². The zero-order chi connectivity index (χ0) is 10.8. The number of hydrogen-bond acceptors (Lipinski definition) is 2. The Bertz CT molecular complexity index is 471. The maximum atomic E-state index is 13.0. The zero-order valence-corrected chi connectivity index (χ0v) is 8.29. The van der Waals surface area contributed by atoms with E-state index in [9.17, 15) is 9.18 Å². The summed E-state index contributed by atoms with van der Waals surface area (Å²) in [4.78, 5) is 11.7. The van der Waals surface area contributed by atoms with Gasteiger partial charge >= 0.3 is 0 Å². The maximum absolute atomic E-state index is 13.0. The first-order valence-electron chi connectivity index (χ1n) is 4.21. The van der Waals surface area contributed by atoms with Gasteiger partial charge in [-0.3, -0.25) is 4.79 Å². The number of benzene rings is 1. The van der Waals surface area contributed by atoms with Gasteiger partial charge in [-0.15, -0.1) is 0 Å². The van der Waals surface area contributed by atoms with Gasteiger partial charge in [0.05, 0.1) is 6.26 Å². The van der Waals surface area contributed by atoms with Crippen LogP contribution in [0.15, 0.2) is 41.0 Å². The second-order valence-electron chi connectivity index (χ2n) is 2.96. The molecule has 0 fully saturated rings. The van der Waals surface area contributed by atoms with Crippen LogP contribution < -0.4 is 0 Å². The molecule has 0 amide bonds. The van der Waals surface area contributed by atoms with E-state index in [-0.39, 0.29) is 22.1 Å². The second-order valence-corrected chi connectivity index (χ2v) is 3.40. The highest BCUT2D eigenvalue weighted by Gasteiger charge is 2.13. The van der Waals surface area contributed by atoms with Crippen molar-refractivity contribution in [2.24, 2.45) is 0 Å². The van der Waals surface area contributed by atoms with Gasteiger partial charge in [-0.1, -0.05) is 11.6 Å². The molecule has 0 aliphatic heterocycles. The summed E-state index contributed by atoms with van der Waals surface area (Å²) >= 11 is 5.63. The Morgan fingerprint density at radius 2 is 2.13 bits per heavy atom. The molecule has 15 heavy (non-hydrogen) atoms. The summed E-state index contributed by atoms with van der Waals surface area (Å²) in [5, 5.41) is 0.185. The highest BCUT2D eigenvalue weighted by molar-refractivity contribution is 6.31. The smallest absolute Gasteiger partial charge is 0.228 e. The number of ketones is 1. The Kier molecular flexibility index (Phi) is 2.56. The predicted octanol–water partition coefficient (Wildman–Crippen LogP) is 3.30. The van der Waals surface area contributed by atoms with Crippen molar-refractivity contribution in [2.45, 2.75) is 0 Å². The first kappa shape index (κ1) is 9.93. The molecular weight excluding hydrogens is 219 g/mol. The minimum absolute atomic E-state index is 0.164. The van der Waals surface area contributed by atoms with Crippen molar-refractivity contribution in [1.29, 1.82) is 0 Å². The zero-order valence-electron chi connectivity index (χ0n) is 7.54. The maximum Gasteiger partial charge on any atom is 0.228 e. The molecule has 0 aliphatic carbocycles. The van der Waals surface area contributed by atoms with Gasteiger partial charge in [0.1, 0.15) is 5.82 Å². The Morgan fingerprint density at radius 1 is 1.33 bits per heavy atom. The third-order valence-electron chi connectivity index (χ3n) is 1.87. The molecule has 0 N–H and O–H groups in total. The van der Waals surface area contributed by atoms with Crippen LogP contribution in [0.3, 0.4) is 0 Å². The average Bonchev–Trinajstić information content (AvgIpc) is 2.67. The van der Waals surface area contributed by atoms with Crippen LogP contribution in [0, 0.1) is 5.82 Å². The molecule has 1 aromatic carbocycles. The molecule has 2 aromatic rings. The summed E-state index contributed by atoms with van der Waals surface area (Å²) in [5.41, 5.74) is 0.176. The third-order valence-corrected chi connectivity index (χ3v) is 2.09. The van der Waals surface area contributed by atoms with Crippen molar-refractivity contribution in [2.75, 3.05) is 0 Å². The lowest BCUT2D eigenvalue weighted by molar-refractivity contribution is 0.101. The van der Waals surface area contributed by atoms with Crippen molar-refractivity contribution < 1.29 is 13.6 Å². The minimum Gasteiger partial charge on any atom is -0.461 e. The van der Waals surface area contributed by atoms with Gasteiger partial charge in [0.2, 0.25) is 5.78 Å². The SMILES string of the molecule is O=C(c1cc(F)cc(Cl)c1)c1ccco1. The molecular formula is C11H6ClFO2. The average molecular weight is 225 g/mol. The van der Waals surface area contributed by atoms with Crippen LogP contribution in [0.25, 0.3) is 0 Å². The van der Waals surface area contributed by atoms with Crippen molar-refractivity contribution in [1.82, 2.24) is 0 Å². The normalized spacial score (nSPS) is 10.3. The molecule has 4 heteroatoms. The fourth-order valence-electron chi connectivity index (χ4n) is 1.23. The van der Waals surface area contributed by atoms with Crippen molar-refractivity contribution in [3.8, 4) is 0 Å². The van der Waals surface area contributed by atoms with E-state index in [0.29, 0.717) is 0 Å². The Hall–Kier alpha value is -1.61. The van der Waals surface area contributed by atoms with Gasteiger partial charge in [0, 0.05) is 10.6 Å². The number of carbonyl (C=O) groups is 1. The Balaban J connectivity index is 2.42. The van der Waals surface area contributed by atoms with E-state index in [1.165, 1.54) is 18.4 Å².